The Labute approximate surface area is 99.3 Å². The highest BCUT2D eigenvalue weighted by atomic mass is 19.1. The molecular weight excluding hydrogens is 217 g/mol. The molecule has 0 unspecified atom stereocenters. The van der Waals surface area contributed by atoms with Crippen molar-refractivity contribution in [2.75, 3.05) is 4.90 Å². The summed E-state index contributed by atoms with van der Waals surface area (Å²) in [5, 5.41) is 0. The van der Waals surface area contributed by atoms with Crippen LogP contribution in [0, 0.1) is 11.9 Å². The number of hydrogen-bond acceptors (Lipinski definition) is 1. The fourth-order valence-electron chi connectivity index (χ4n) is 1.59. The summed E-state index contributed by atoms with van der Waals surface area (Å²) < 4.78 is 13.5. The number of rotatable bonds is 4. The predicted octanol–water partition coefficient (Wildman–Crippen LogP) is 2.79. The van der Waals surface area contributed by atoms with Gasteiger partial charge in [-0.1, -0.05) is 36.4 Å². The molecule has 85 valence electrons. The summed E-state index contributed by atoms with van der Waals surface area (Å²) in [5.41, 5.74) is 1.22. The van der Waals surface area contributed by atoms with Gasteiger partial charge in [0.1, 0.15) is 5.82 Å². The Morgan fingerprint density at radius 1 is 1.18 bits per heavy atom. The minimum absolute atomic E-state index is 0.287. The van der Waals surface area contributed by atoms with Crippen LogP contribution in [-0.2, 0) is 11.3 Å². The van der Waals surface area contributed by atoms with E-state index in [1.165, 1.54) is 11.0 Å². The van der Waals surface area contributed by atoms with E-state index in [9.17, 15) is 9.18 Å². The summed E-state index contributed by atoms with van der Waals surface area (Å²) in [6.07, 6.45) is 0.634. The maximum Gasteiger partial charge on any atom is 0.214 e. The zero-order chi connectivity index (χ0) is 12.1. The van der Waals surface area contributed by atoms with Crippen molar-refractivity contribution < 1.29 is 9.18 Å². The summed E-state index contributed by atoms with van der Waals surface area (Å²) in [6, 6.07) is 16.3. The third-order valence-electron chi connectivity index (χ3n) is 2.43. The monoisotopic (exact) mass is 228 g/mol. The van der Waals surface area contributed by atoms with Gasteiger partial charge in [0.2, 0.25) is 6.41 Å². The van der Waals surface area contributed by atoms with Gasteiger partial charge in [0.15, 0.2) is 0 Å². The van der Waals surface area contributed by atoms with Crippen LogP contribution in [0.5, 0.6) is 0 Å². The first-order valence-electron chi connectivity index (χ1n) is 5.22. The van der Waals surface area contributed by atoms with E-state index in [1.807, 2.05) is 12.1 Å². The Balaban J connectivity index is 2.24. The molecule has 17 heavy (non-hydrogen) atoms. The van der Waals surface area contributed by atoms with E-state index in [2.05, 4.69) is 6.07 Å². The quantitative estimate of drug-likeness (QED) is 0.737. The van der Waals surface area contributed by atoms with Crippen LogP contribution in [0.15, 0.2) is 48.5 Å². The molecular formula is C14H11FNO. The van der Waals surface area contributed by atoms with Gasteiger partial charge in [0, 0.05) is 0 Å². The molecule has 0 aliphatic heterocycles. The minimum Gasteiger partial charge on any atom is -0.308 e. The summed E-state index contributed by atoms with van der Waals surface area (Å²) >= 11 is 0. The zero-order valence-corrected chi connectivity index (χ0v) is 9.14. The molecule has 0 saturated carbocycles. The van der Waals surface area contributed by atoms with Gasteiger partial charge in [0.05, 0.1) is 12.2 Å². The molecule has 0 aromatic heterocycles. The van der Waals surface area contributed by atoms with Crippen LogP contribution in [0.1, 0.15) is 5.56 Å². The molecule has 2 aromatic rings. The van der Waals surface area contributed by atoms with Crippen molar-refractivity contribution in [2.45, 2.75) is 6.54 Å². The number of hydrogen-bond donors (Lipinski definition) is 0. The first-order valence-corrected chi connectivity index (χ1v) is 5.22. The molecule has 2 rings (SSSR count). The third kappa shape index (κ3) is 2.69. The average molecular weight is 228 g/mol. The molecule has 0 atom stereocenters. The van der Waals surface area contributed by atoms with Crippen molar-refractivity contribution in [3.05, 3.63) is 66.0 Å². The van der Waals surface area contributed by atoms with Gasteiger partial charge in [-0.05, 0) is 23.8 Å². The van der Waals surface area contributed by atoms with Crippen molar-refractivity contribution in [3.63, 3.8) is 0 Å². The molecule has 0 spiro atoms. The van der Waals surface area contributed by atoms with E-state index in [-0.39, 0.29) is 5.69 Å². The topological polar surface area (TPSA) is 20.3 Å². The van der Waals surface area contributed by atoms with Gasteiger partial charge in [-0.3, -0.25) is 4.79 Å². The van der Waals surface area contributed by atoms with Crippen molar-refractivity contribution >= 4 is 12.1 Å². The van der Waals surface area contributed by atoms with E-state index >= 15 is 0 Å². The minimum atomic E-state index is -0.401. The first kappa shape index (κ1) is 11.3. The molecule has 2 aromatic carbocycles. The second-order valence-electron chi connectivity index (χ2n) is 3.59. The highest BCUT2D eigenvalue weighted by Crippen LogP contribution is 2.19. The Morgan fingerprint density at radius 3 is 2.53 bits per heavy atom. The van der Waals surface area contributed by atoms with E-state index < -0.39 is 5.82 Å². The van der Waals surface area contributed by atoms with Crippen molar-refractivity contribution in [1.29, 1.82) is 0 Å². The van der Waals surface area contributed by atoms with Crippen LogP contribution in [0.4, 0.5) is 10.1 Å². The van der Waals surface area contributed by atoms with Crippen LogP contribution in [-0.4, -0.2) is 6.41 Å². The summed E-state index contributed by atoms with van der Waals surface area (Å²) in [5.74, 6) is -0.401. The van der Waals surface area contributed by atoms with Crippen LogP contribution < -0.4 is 4.90 Å². The van der Waals surface area contributed by atoms with Gasteiger partial charge in [-0.2, -0.15) is 0 Å². The normalized spacial score (nSPS) is 9.94. The van der Waals surface area contributed by atoms with E-state index in [1.54, 1.807) is 30.3 Å². The Hall–Kier alpha value is -2.16. The zero-order valence-electron chi connectivity index (χ0n) is 9.14. The number of halogens is 1. The second-order valence-corrected chi connectivity index (χ2v) is 3.59. The largest absolute Gasteiger partial charge is 0.308 e. The molecule has 0 fully saturated rings. The molecule has 0 saturated heterocycles. The number of amides is 1. The Kier molecular flexibility index (Phi) is 3.50. The maximum absolute atomic E-state index is 13.5. The fraction of sp³-hybridized carbons (Fsp3) is 0.0714. The Morgan fingerprint density at radius 2 is 1.88 bits per heavy atom. The van der Waals surface area contributed by atoms with Crippen molar-refractivity contribution in [1.82, 2.24) is 0 Å². The lowest BCUT2D eigenvalue weighted by molar-refractivity contribution is -0.107. The lowest BCUT2D eigenvalue weighted by Gasteiger charge is -2.17. The standard InChI is InChI=1S/C14H11FNO/c15-13-8-4-5-9-14(13)16(11-17)10-12-6-2-1-3-7-12/h2-9,11H,10H2. The van der Waals surface area contributed by atoms with Crippen molar-refractivity contribution in [2.24, 2.45) is 0 Å². The van der Waals surface area contributed by atoms with Gasteiger partial charge < -0.3 is 4.90 Å². The molecule has 3 heteroatoms. The second kappa shape index (κ2) is 5.25. The third-order valence-corrected chi connectivity index (χ3v) is 2.43. The fourth-order valence-corrected chi connectivity index (χ4v) is 1.59. The number of para-hydroxylation sites is 1. The van der Waals surface area contributed by atoms with Gasteiger partial charge in [-0.15, -0.1) is 0 Å². The molecule has 0 bridgehead atoms. The van der Waals surface area contributed by atoms with Gasteiger partial charge >= 0.3 is 0 Å². The highest BCUT2D eigenvalue weighted by Gasteiger charge is 2.10. The summed E-state index contributed by atoms with van der Waals surface area (Å²) in [4.78, 5) is 12.4. The number of nitrogens with zero attached hydrogens (tertiary/aromatic N) is 1. The van der Waals surface area contributed by atoms with Crippen molar-refractivity contribution in [3.8, 4) is 0 Å². The van der Waals surface area contributed by atoms with Crippen LogP contribution >= 0.6 is 0 Å². The van der Waals surface area contributed by atoms with Crippen LogP contribution in [0.25, 0.3) is 0 Å². The molecule has 0 heterocycles. The molecule has 1 radical (unpaired) electrons. The molecule has 0 aliphatic carbocycles. The van der Waals surface area contributed by atoms with Crippen LogP contribution in [0.2, 0.25) is 0 Å². The number of benzene rings is 2. The first-order chi connectivity index (χ1) is 8.31. The molecule has 0 N–H and O–H groups in total. The van der Waals surface area contributed by atoms with Gasteiger partial charge in [0.25, 0.3) is 0 Å². The summed E-state index contributed by atoms with van der Waals surface area (Å²) in [6.45, 7) is 0.346. The SMILES string of the molecule is O=CN(Cc1cc[c]cc1)c1ccccc1F. The lowest BCUT2D eigenvalue weighted by atomic mass is 10.2. The molecule has 0 aliphatic rings. The molecule has 1 amide bonds. The number of carbonyl (C=O) groups excluding carboxylic acids is 1. The summed E-state index contributed by atoms with van der Waals surface area (Å²) in [7, 11) is 0. The average Bonchev–Trinajstić information content (AvgIpc) is 2.38. The van der Waals surface area contributed by atoms with E-state index in [0.29, 0.717) is 13.0 Å². The highest BCUT2D eigenvalue weighted by molar-refractivity contribution is 5.75. The number of anilines is 1. The van der Waals surface area contributed by atoms with Crippen LogP contribution in [0.3, 0.4) is 0 Å². The molecule has 2 nitrogen and oxygen atoms in total. The lowest BCUT2D eigenvalue weighted by Crippen LogP contribution is -2.21. The van der Waals surface area contributed by atoms with Gasteiger partial charge in [-0.25, -0.2) is 4.39 Å². The van der Waals surface area contributed by atoms with E-state index in [4.69, 9.17) is 0 Å². The maximum atomic E-state index is 13.5. The predicted molar refractivity (Wildman–Crippen MR) is 63.9 cm³/mol. The number of carbonyl (C=O) groups is 1. The van der Waals surface area contributed by atoms with E-state index in [0.717, 1.165) is 5.56 Å². The Bertz CT molecular complexity index is 499. The smallest absolute Gasteiger partial charge is 0.214 e.